The number of hydrogen-bond donors (Lipinski definition) is 2. The number of carbonyl (C=O) groups is 1. The van der Waals surface area contributed by atoms with Crippen LogP contribution in [0.1, 0.15) is 18.9 Å². The van der Waals surface area contributed by atoms with Crippen LogP contribution in [0.5, 0.6) is 0 Å². The fraction of sp³-hybridized carbons (Fsp3) is 0.308. The van der Waals surface area contributed by atoms with Crippen LogP contribution in [0, 0.1) is 12.3 Å². The maximum Gasteiger partial charge on any atom is 0.236 e. The predicted octanol–water partition coefficient (Wildman–Crippen LogP) is 1.76. The van der Waals surface area contributed by atoms with E-state index in [1.807, 2.05) is 24.3 Å². The van der Waals surface area contributed by atoms with Crippen molar-refractivity contribution >= 4 is 11.6 Å². The highest BCUT2D eigenvalue weighted by Gasteiger charge is 2.00. The van der Waals surface area contributed by atoms with Gasteiger partial charge >= 0.3 is 0 Å². The van der Waals surface area contributed by atoms with E-state index in [9.17, 15) is 4.79 Å². The van der Waals surface area contributed by atoms with Gasteiger partial charge in [-0.3, -0.25) is 4.79 Å². The molecule has 0 aliphatic rings. The van der Waals surface area contributed by atoms with Gasteiger partial charge in [-0.25, -0.2) is 0 Å². The molecule has 1 aromatic carbocycles. The van der Waals surface area contributed by atoms with E-state index in [1.54, 1.807) is 0 Å². The number of amides is 1. The molecule has 0 aromatic heterocycles. The van der Waals surface area contributed by atoms with Gasteiger partial charge in [0.15, 0.2) is 0 Å². The highest BCUT2D eigenvalue weighted by Crippen LogP contribution is 2.10. The monoisotopic (exact) mass is 216 g/mol. The molecule has 1 rings (SSSR count). The van der Waals surface area contributed by atoms with Crippen molar-refractivity contribution in [2.24, 2.45) is 0 Å². The van der Waals surface area contributed by atoms with Crippen molar-refractivity contribution in [1.82, 2.24) is 5.32 Å². The van der Waals surface area contributed by atoms with Crippen LogP contribution in [-0.4, -0.2) is 12.5 Å². The average Bonchev–Trinajstić information content (AvgIpc) is 2.27. The van der Waals surface area contributed by atoms with E-state index in [0.29, 0.717) is 0 Å². The van der Waals surface area contributed by atoms with Crippen molar-refractivity contribution in [2.75, 3.05) is 11.9 Å². The number of rotatable bonds is 5. The minimum absolute atomic E-state index is 0.109. The van der Waals surface area contributed by atoms with E-state index in [2.05, 4.69) is 23.5 Å². The zero-order valence-corrected chi connectivity index (χ0v) is 9.42. The largest absolute Gasteiger partial charge is 0.325 e. The van der Waals surface area contributed by atoms with E-state index >= 15 is 0 Å². The van der Waals surface area contributed by atoms with Crippen molar-refractivity contribution in [3.8, 4) is 12.3 Å². The van der Waals surface area contributed by atoms with Crippen LogP contribution in [0.15, 0.2) is 24.3 Å². The van der Waals surface area contributed by atoms with E-state index in [4.69, 9.17) is 6.42 Å². The van der Waals surface area contributed by atoms with Gasteiger partial charge in [-0.2, -0.15) is 0 Å². The van der Waals surface area contributed by atoms with Crippen molar-refractivity contribution in [1.29, 1.82) is 0 Å². The van der Waals surface area contributed by atoms with Crippen LogP contribution in [-0.2, 0) is 11.3 Å². The lowest BCUT2D eigenvalue weighted by Crippen LogP contribution is -2.13. The summed E-state index contributed by atoms with van der Waals surface area (Å²) in [7, 11) is 0. The first kappa shape index (κ1) is 12.3. The third kappa shape index (κ3) is 4.16. The van der Waals surface area contributed by atoms with E-state index in [0.717, 1.165) is 24.3 Å². The summed E-state index contributed by atoms with van der Waals surface area (Å²) in [6.07, 6.45) is 5.17. The summed E-state index contributed by atoms with van der Waals surface area (Å²) in [5.74, 6) is 2.16. The van der Waals surface area contributed by atoms with Gasteiger partial charge in [0.2, 0.25) is 5.91 Å². The molecule has 0 bridgehead atoms. The molecule has 0 spiro atoms. The summed E-state index contributed by atoms with van der Waals surface area (Å²) < 4.78 is 0. The van der Waals surface area contributed by atoms with Gasteiger partial charge in [-0.15, -0.1) is 6.42 Å². The molecule has 3 heteroatoms. The van der Waals surface area contributed by atoms with Crippen LogP contribution in [0.3, 0.4) is 0 Å². The van der Waals surface area contributed by atoms with Gasteiger partial charge in [-0.1, -0.05) is 25.0 Å². The summed E-state index contributed by atoms with van der Waals surface area (Å²) in [5.41, 5.74) is 1.93. The predicted molar refractivity (Wildman–Crippen MR) is 65.9 cm³/mol. The van der Waals surface area contributed by atoms with E-state index < -0.39 is 0 Å². The van der Waals surface area contributed by atoms with Crippen LogP contribution in [0.4, 0.5) is 5.69 Å². The SMILES string of the molecule is C#CCC(=O)Nc1cccc(CNCC)c1. The Kier molecular flexibility index (Phi) is 5.10. The molecule has 16 heavy (non-hydrogen) atoms. The van der Waals surface area contributed by atoms with Crippen molar-refractivity contribution < 1.29 is 4.79 Å². The van der Waals surface area contributed by atoms with Crippen LogP contribution < -0.4 is 10.6 Å². The minimum atomic E-state index is -0.150. The highest BCUT2D eigenvalue weighted by molar-refractivity contribution is 5.92. The van der Waals surface area contributed by atoms with Crippen molar-refractivity contribution in [2.45, 2.75) is 19.9 Å². The Balaban J connectivity index is 2.60. The molecule has 0 heterocycles. The molecule has 1 amide bonds. The van der Waals surface area contributed by atoms with E-state index in [-0.39, 0.29) is 12.3 Å². The van der Waals surface area contributed by atoms with Crippen molar-refractivity contribution in [3.63, 3.8) is 0 Å². The molecule has 0 fully saturated rings. The van der Waals surface area contributed by atoms with Gasteiger partial charge in [0.1, 0.15) is 0 Å². The summed E-state index contributed by atoms with van der Waals surface area (Å²) in [4.78, 5) is 11.3. The van der Waals surface area contributed by atoms with Gasteiger partial charge in [0, 0.05) is 12.2 Å². The molecule has 0 saturated carbocycles. The Labute approximate surface area is 96.2 Å². The molecule has 0 unspecified atom stereocenters. The van der Waals surface area contributed by atoms with Gasteiger partial charge in [-0.05, 0) is 24.2 Å². The first-order valence-corrected chi connectivity index (χ1v) is 5.29. The normalized spacial score (nSPS) is 9.50. The smallest absolute Gasteiger partial charge is 0.236 e. The zero-order valence-electron chi connectivity index (χ0n) is 9.42. The third-order valence-electron chi connectivity index (χ3n) is 2.05. The maximum atomic E-state index is 11.3. The molecule has 0 saturated heterocycles. The molecule has 3 nitrogen and oxygen atoms in total. The van der Waals surface area contributed by atoms with Crippen LogP contribution in [0.25, 0.3) is 0 Å². The average molecular weight is 216 g/mol. The van der Waals surface area contributed by atoms with Crippen molar-refractivity contribution in [3.05, 3.63) is 29.8 Å². The number of nitrogens with one attached hydrogen (secondary N) is 2. The number of anilines is 1. The Morgan fingerprint density at radius 3 is 3.00 bits per heavy atom. The fourth-order valence-corrected chi connectivity index (χ4v) is 1.33. The first-order chi connectivity index (χ1) is 7.76. The second kappa shape index (κ2) is 6.65. The second-order valence-electron chi connectivity index (χ2n) is 3.41. The Hall–Kier alpha value is -1.79. The Morgan fingerprint density at radius 1 is 1.50 bits per heavy atom. The molecular weight excluding hydrogens is 200 g/mol. The Bertz CT molecular complexity index is 393. The standard InChI is InChI=1S/C13H16N2O/c1-3-6-13(16)15-12-8-5-7-11(9-12)10-14-4-2/h1,5,7-9,14H,4,6,10H2,2H3,(H,15,16). The topological polar surface area (TPSA) is 41.1 Å². The lowest BCUT2D eigenvalue weighted by atomic mass is 10.2. The molecule has 84 valence electrons. The number of terminal acetylenes is 1. The molecule has 0 aliphatic carbocycles. The van der Waals surface area contributed by atoms with E-state index in [1.165, 1.54) is 0 Å². The zero-order chi connectivity index (χ0) is 11.8. The number of benzene rings is 1. The minimum Gasteiger partial charge on any atom is -0.325 e. The summed E-state index contributed by atoms with van der Waals surface area (Å²) in [6.45, 7) is 3.78. The summed E-state index contributed by atoms with van der Waals surface area (Å²) in [6, 6.07) is 7.72. The first-order valence-electron chi connectivity index (χ1n) is 5.29. The van der Waals surface area contributed by atoms with Crippen LogP contribution in [0.2, 0.25) is 0 Å². The summed E-state index contributed by atoms with van der Waals surface area (Å²) in [5, 5.41) is 5.98. The fourth-order valence-electron chi connectivity index (χ4n) is 1.33. The van der Waals surface area contributed by atoms with Gasteiger partial charge in [0.05, 0.1) is 6.42 Å². The molecule has 0 atom stereocenters. The second-order valence-corrected chi connectivity index (χ2v) is 3.41. The van der Waals surface area contributed by atoms with Gasteiger partial charge in [0.25, 0.3) is 0 Å². The lowest BCUT2D eigenvalue weighted by Gasteiger charge is -2.06. The quantitative estimate of drug-likeness (QED) is 0.736. The molecule has 2 N–H and O–H groups in total. The number of carbonyl (C=O) groups excluding carboxylic acids is 1. The van der Waals surface area contributed by atoms with Gasteiger partial charge < -0.3 is 10.6 Å². The van der Waals surface area contributed by atoms with Crippen LogP contribution >= 0.6 is 0 Å². The molecule has 0 aliphatic heterocycles. The molecule has 1 aromatic rings. The molecule has 0 radical (unpaired) electrons. The third-order valence-corrected chi connectivity index (χ3v) is 2.05. The lowest BCUT2D eigenvalue weighted by molar-refractivity contribution is -0.115. The molecular formula is C13H16N2O. The maximum absolute atomic E-state index is 11.3. The highest BCUT2D eigenvalue weighted by atomic mass is 16.1. The Morgan fingerprint density at radius 2 is 2.31 bits per heavy atom. The number of hydrogen-bond acceptors (Lipinski definition) is 2. The summed E-state index contributed by atoms with van der Waals surface area (Å²) >= 11 is 0.